The van der Waals surface area contributed by atoms with E-state index < -0.39 is 22.0 Å². The van der Waals surface area contributed by atoms with Gasteiger partial charge in [-0.2, -0.15) is 0 Å². The van der Waals surface area contributed by atoms with Gasteiger partial charge in [0.25, 0.3) is 15.9 Å². The van der Waals surface area contributed by atoms with Gasteiger partial charge in [-0.25, -0.2) is 8.42 Å². The molecule has 0 aliphatic rings. The van der Waals surface area contributed by atoms with Crippen molar-refractivity contribution in [2.45, 2.75) is 17.9 Å². The molecular formula is C23H19ClN2O4S. The van der Waals surface area contributed by atoms with Gasteiger partial charge in [-0.05, 0) is 49.4 Å². The minimum Gasteiger partial charge on any atom is -0.459 e. The number of carbonyl (C=O) groups excluding carboxylic acids is 1. The number of fused-ring (bicyclic) bond motifs is 1. The third-order valence-corrected chi connectivity index (χ3v) is 6.44. The van der Waals surface area contributed by atoms with Crippen molar-refractivity contribution in [2.24, 2.45) is 0 Å². The molecule has 0 aliphatic carbocycles. The monoisotopic (exact) mass is 454 g/mol. The number of nitrogens with one attached hydrogen (secondary N) is 2. The summed E-state index contributed by atoms with van der Waals surface area (Å²) in [5, 5.41) is 4.06. The van der Waals surface area contributed by atoms with E-state index in [0.717, 1.165) is 11.0 Å². The van der Waals surface area contributed by atoms with Gasteiger partial charge in [0.2, 0.25) is 0 Å². The van der Waals surface area contributed by atoms with Crippen LogP contribution < -0.4 is 10.0 Å². The molecule has 1 heterocycles. The predicted octanol–water partition coefficient (Wildman–Crippen LogP) is 5.38. The molecule has 158 valence electrons. The van der Waals surface area contributed by atoms with E-state index in [0.29, 0.717) is 5.76 Å². The molecule has 1 atom stereocenters. The summed E-state index contributed by atoms with van der Waals surface area (Å²) in [5.41, 5.74) is 1.21. The van der Waals surface area contributed by atoms with Crippen molar-refractivity contribution < 1.29 is 17.6 Å². The van der Waals surface area contributed by atoms with E-state index in [4.69, 9.17) is 16.0 Å². The van der Waals surface area contributed by atoms with Gasteiger partial charge in [0, 0.05) is 10.9 Å². The first-order valence-corrected chi connectivity index (χ1v) is 11.4. The smallest absolute Gasteiger partial charge is 0.261 e. The number of furan rings is 1. The van der Waals surface area contributed by atoms with Crippen LogP contribution in [-0.4, -0.2) is 14.3 Å². The molecule has 6 nitrogen and oxygen atoms in total. The Morgan fingerprint density at radius 3 is 2.48 bits per heavy atom. The van der Waals surface area contributed by atoms with Crippen LogP contribution in [0.1, 0.15) is 29.1 Å². The lowest BCUT2D eigenvalue weighted by molar-refractivity contribution is 0.0935. The SMILES string of the molecule is CC(NC(=O)c1cccc(S(=O)(=O)Nc2ccccc2Cl)c1)c1cc2ccccc2o1. The van der Waals surface area contributed by atoms with Crippen LogP contribution in [0.3, 0.4) is 0 Å². The van der Waals surface area contributed by atoms with Gasteiger partial charge in [-0.15, -0.1) is 0 Å². The molecule has 4 rings (SSSR count). The first kappa shape index (κ1) is 21.0. The number of anilines is 1. The minimum absolute atomic E-state index is 0.0449. The number of benzene rings is 3. The third kappa shape index (κ3) is 4.57. The first-order valence-electron chi connectivity index (χ1n) is 9.50. The van der Waals surface area contributed by atoms with Crippen LogP contribution in [0.5, 0.6) is 0 Å². The highest BCUT2D eigenvalue weighted by Crippen LogP contribution is 2.25. The molecule has 0 spiro atoms. The van der Waals surface area contributed by atoms with Crippen LogP contribution in [0, 0.1) is 0 Å². The maximum Gasteiger partial charge on any atom is 0.261 e. The lowest BCUT2D eigenvalue weighted by Crippen LogP contribution is -2.26. The molecule has 0 fully saturated rings. The van der Waals surface area contributed by atoms with Gasteiger partial charge in [0.15, 0.2) is 0 Å². The number of hydrogen-bond donors (Lipinski definition) is 2. The van der Waals surface area contributed by atoms with Crippen molar-refractivity contribution in [3.8, 4) is 0 Å². The number of rotatable bonds is 6. The zero-order chi connectivity index (χ0) is 22.0. The number of sulfonamides is 1. The number of amides is 1. The Labute approximate surface area is 184 Å². The van der Waals surface area contributed by atoms with Crippen LogP contribution in [0.25, 0.3) is 11.0 Å². The van der Waals surface area contributed by atoms with Gasteiger partial charge >= 0.3 is 0 Å². The van der Waals surface area contributed by atoms with E-state index in [-0.39, 0.29) is 21.2 Å². The number of para-hydroxylation sites is 2. The second kappa shape index (κ2) is 8.45. The molecule has 31 heavy (non-hydrogen) atoms. The van der Waals surface area contributed by atoms with Crippen molar-refractivity contribution in [1.82, 2.24) is 5.32 Å². The topological polar surface area (TPSA) is 88.4 Å². The molecule has 0 saturated heterocycles. The molecule has 1 aromatic heterocycles. The van der Waals surface area contributed by atoms with Crippen LogP contribution in [0.4, 0.5) is 5.69 Å². The molecule has 8 heteroatoms. The number of halogens is 1. The normalized spacial score (nSPS) is 12.5. The summed E-state index contributed by atoms with van der Waals surface area (Å²) < 4.78 is 33.7. The molecule has 1 unspecified atom stereocenters. The fraction of sp³-hybridized carbons (Fsp3) is 0.0870. The highest BCUT2D eigenvalue weighted by molar-refractivity contribution is 7.92. The lowest BCUT2D eigenvalue weighted by Gasteiger charge is -2.13. The number of carbonyl (C=O) groups is 1. The summed E-state index contributed by atoms with van der Waals surface area (Å²) in [5.74, 6) is 0.196. The Morgan fingerprint density at radius 1 is 0.968 bits per heavy atom. The van der Waals surface area contributed by atoms with Crippen molar-refractivity contribution >= 4 is 44.2 Å². The summed E-state index contributed by atoms with van der Waals surface area (Å²) >= 11 is 6.04. The highest BCUT2D eigenvalue weighted by atomic mass is 35.5. The zero-order valence-electron chi connectivity index (χ0n) is 16.5. The molecule has 0 saturated carbocycles. The van der Waals surface area contributed by atoms with E-state index in [1.54, 1.807) is 37.3 Å². The summed E-state index contributed by atoms with van der Waals surface area (Å²) in [6, 6.07) is 21.4. The van der Waals surface area contributed by atoms with Crippen molar-refractivity contribution in [3.05, 3.63) is 95.2 Å². The van der Waals surface area contributed by atoms with Crippen LogP contribution in [-0.2, 0) is 10.0 Å². The van der Waals surface area contributed by atoms with E-state index in [1.165, 1.54) is 18.2 Å². The van der Waals surface area contributed by atoms with E-state index >= 15 is 0 Å². The average Bonchev–Trinajstić information content (AvgIpc) is 3.20. The molecule has 2 N–H and O–H groups in total. The van der Waals surface area contributed by atoms with Crippen molar-refractivity contribution in [2.75, 3.05) is 4.72 Å². The van der Waals surface area contributed by atoms with E-state index in [1.807, 2.05) is 30.3 Å². The largest absolute Gasteiger partial charge is 0.459 e. The fourth-order valence-electron chi connectivity index (χ4n) is 3.12. The van der Waals surface area contributed by atoms with Gasteiger partial charge in [0.1, 0.15) is 11.3 Å². The molecule has 0 radical (unpaired) electrons. The maximum atomic E-state index is 12.8. The van der Waals surface area contributed by atoms with E-state index in [9.17, 15) is 13.2 Å². The Hall–Kier alpha value is -3.29. The predicted molar refractivity (Wildman–Crippen MR) is 121 cm³/mol. The van der Waals surface area contributed by atoms with Crippen LogP contribution >= 0.6 is 11.6 Å². The molecule has 4 aromatic rings. The maximum absolute atomic E-state index is 12.8. The molecule has 0 aliphatic heterocycles. The number of hydrogen-bond acceptors (Lipinski definition) is 4. The van der Waals surface area contributed by atoms with Gasteiger partial charge in [0.05, 0.1) is 21.6 Å². The Morgan fingerprint density at radius 2 is 1.71 bits per heavy atom. The second-order valence-electron chi connectivity index (χ2n) is 6.99. The Bertz CT molecular complexity index is 1330. The highest BCUT2D eigenvalue weighted by Gasteiger charge is 2.19. The molecular weight excluding hydrogens is 436 g/mol. The summed E-state index contributed by atoms with van der Waals surface area (Å²) in [7, 11) is -3.92. The van der Waals surface area contributed by atoms with Gasteiger partial charge in [-0.1, -0.05) is 48.0 Å². The summed E-state index contributed by atoms with van der Waals surface area (Å²) in [6.45, 7) is 1.80. The minimum atomic E-state index is -3.92. The Kier molecular flexibility index (Phi) is 5.71. The third-order valence-electron chi connectivity index (χ3n) is 4.74. The molecule has 1 amide bonds. The van der Waals surface area contributed by atoms with Gasteiger partial charge in [-0.3, -0.25) is 9.52 Å². The Balaban J connectivity index is 1.53. The van der Waals surface area contributed by atoms with Crippen LogP contribution in [0.15, 0.2) is 88.2 Å². The van der Waals surface area contributed by atoms with E-state index in [2.05, 4.69) is 10.0 Å². The molecule has 3 aromatic carbocycles. The fourth-order valence-corrected chi connectivity index (χ4v) is 4.48. The quantitative estimate of drug-likeness (QED) is 0.409. The zero-order valence-corrected chi connectivity index (χ0v) is 18.1. The van der Waals surface area contributed by atoms with Crippen molar-refractivity contribution in [3.63, 3.8) is 0 Å². The summed E-state index contributed by atoms with van der Waals surface area (Å²) in [4.78, 5) is 12.7. The lowest BCUT2D eigenvalue weighted by atomic mass is 10.1. The van der Waals surface area contributed by atoms with Crippen LogP contribution in [0.2, 0.25) is 5.02 Å². The first-order chi connectivity index (χ1) is 14.8. The molecule has 0 bridgehead atoms. The summed E-state index contributed by atoms with van der Waals surface area (Å²) in [6.07, 6.45) is 0. The second-order valence-corrected chi connectivity index (χ2v) is 9.08. The van der Waals surface area contributed by atoms with Crippen molar-refractivity contribution in [1.29, 1.82) is 0 Å². The standard InChI is InChI=1S/C23H19ClN2O4S/c1-15(22-14-16-7-2-5-12-21(16)30-22)25-23(27)17-8-6-9-18(13-17)31(28,29)26-20-11-4-3-10-19(20)24/h2-15,26H,1H3,(H,25,27). The van der Waals surface area contributed by atoms with Gasteiger partial charge < -0.3 is 9.73 Å². The average molecular weight is 455 g/mol.